The summed E-state index contributed by atoms with van der Waals surface area (Å²) < 4.78 is 90.7. The number of benzene rings is 3. The van der Waals surface area contributed by atoms with Crippen LogP contribution < -0.4 is 15.2 Å². The molecule has 0 radical (unpaired) electrons. The van der Waals surface area contributed by atoms with Crippen LogP contribution in [0.3, 0.4) is 0 Å². The Bertz CT molecular complexity index is 1270. The quantitative estimate of drug-likeness (QED) is 0.315. The second-order valence-electron chi connectivity index (χ2n) is 7.34. The third-order valence-electron chi connectivity index (χ3n) is 4.92. The third-order valence-corrected chi connectivity index (χ3v) is 4.92. The van der Waals surface area contributed by atoms with Crippen LogP contribution in [-0.4, -0.2) is 25.0 Å². The monoisotopic (exact) mass is 497 g/mol. The number of Topliss-reactive ketones (excluding diaryl/α,β-unsaturated/α-hetero) is 1. The fraction of sp³-hybridized carbons (Fsp3) is 0.167. The number of carbonyl (C=O) groups is 2. The molecular weight excluding hydrogens is 480 g/mol. The van der Waals surface area contributed by atoms with Gasteiger partial charge in [0.1, 0.15) is 11.6 Å². The van der Waals surface area contributed by atoms with E-state index in [9.17, 15) is 35.9 Å². The molecule has 0 fully saturated rings. The molecule has 2 N–H and O–H groups in total. The summed E-state index contributed by atoms with van der Waals surface area (Å²) in [6.07, 6.45) is -6.26. The highest BCUT2D eigenvalue weighted by atomic mass is 19.4. The highest BCUT2D eigenvalue weighted by Gasteiger charge is 2.58. The van der Waals surface area contributed by atoms with Crippen LogP contribution in [0.4, 0.5) is 26.3 Å². The Balaban J connectivity index is 2.07. The van der Waals surface area contributed by atoms with Crippen LogP contribution in [0.1, 0.15) is 31.8 Å². The Morgan fingerprint density at radius 2 is 1.60 bits per heavy atom. The predicted octanol–water partition coefficient (Wildman–Crippen LogP) is 5.81. The number of halogens is 6. The molecule has 184 valence electrons. The van der Waals surface area contributed by atoms with Crippen molar-refractivity contribution in [2.24, 2.45) is 5.73 Å². The largest absolute Gasteiger partial charge is 0.493 e. The lowest BCUT2D eigenvalue weighted by molar-refractivity contribution is -0.289. The molecule has 0 spiro atoms. The lowest BCUT2D eigenvalue weighted by Crippen LogP contribution is -2.33. The van der Waals surface area contributed by atoms with Crippen LogP contribution in [-0.2, 0) is 12.3 Å². The van der Waals surface area contributed by atoms with E-state index in [1.54, 1.807) is 0 Å². The fourth-order valence-corrected chi connectivity index (χ4v) is 3.16. The van der Waals surface area contributed by atoms with E-state index in [4.69, 9.17) is 15.2 Å². The molecule has 0 aliphatic heterocycles. The Morgan fingerprint density at radius 1 is 0.886 bits per heavy atom. The van der Waals surface area contributed by atoms with E-state index in [2.05, 4.69) is 0 Å². The molecule has 0 heterocycles. The lowest BCUT2D eigenvalue weighted by Gasteiger charge is -2.21. The molecule has 5 nitrogen and oxygen atoms in total. The summed E-state index contributed by atoms with van der Waals surface area (Å²) in [5, 5.41) is 0. The van der Waals surface area contributed by atoms with Crippen molar-refractivity contribution < 1.29 is 45.4 Å². The number of amides is 1. The number of primary amides is 1. The molecule has 0 aliphatic rings. The van der Waals surface area contributed by atoms with E-state index >= 15 is 0 Å². The molecule has 0 unspecified atom stereocenters. The zero-order chi connectivity index (χ0) is 26.0. The zero-order valence-electron chi connectivity index (χ0n) is 18.0. The number of ether oxygens (including phenoxy) is 2. The molecule has 0 saturated carbocycles. The number of hydrogen-bond donors (Lipinski definition) is 1. The molecule has 3 rings (SSSR count). The normalized spacial score (nSPS) is 11.7. The number of carbonyl (C=O) groups excluding carboxylic acids is 2. The van der Waals surface area contributed by atoms with Crippen molar-refractivity contribution in [1.82, 2.24) is 0 Å². The maximum absolute atomic E-state index is 14.0. The molecule has 0 aliphatic carbocycles. The molecule has 3 aromatic rings. The molecule has 11 heteroatoms. The van der Waals surface area contributed by atoms with Gasteiger partial charge in [-0.3, -0.25) is 9.59 Å². The fourth-order valence-electron chi connectivity index (χ4n) is 3.16. The van der Waals surface area contributed by atoms with Crippen LogP contribution in [0.15, 0.2) is 60.7 Å². The van der Waals surface area contributed by atoms with Crippen molar-refractivity contribution in [2.75, 3.05) is 7.11 Å². The number of rotatable bonds is 8. The lowest BCUT2D eigenvalue weighted by atomic mass is 9.98. The molecule has 1 amide bonds. The van der Waals surface area contributed by atoms with Crippen molar-refractivity contribution in [2.45, 2.75) is 18.5 Å². The molecular formula is C24H17F6NO4. The highest BCUT2D eigenvalue weighted by Crippen LogP contribution is 2.46. The number of nitrogens with two attached hydrogens (primary N) is 1. The Labute approximate surface area is 195 Å². The summed E-state index contributed by atoms with van der Waals surface area (Å²) >= 11 is 0. The Kier molecular flexibility index (Phi) is 7.09. The van der Waals surface area contributed by atoms with E-state index in [0.717, 1.165) is 31.4 Å². The van der Waals surface area contributed by atoms with Gasteiger partial charge < -0.3 is 15.2 Å². The molecule has 0 saturated heterocycles. The number of hydrogen-bond acceptors (Lipinski definition) is 4. The summed E-state index contributed by atoms with van der Waals surface area (Å²) in [6.45, 7) is 0. The van der Waals surface area contributed by atoms with Crippen molar-refractivity contribution in [1.29, 1.82) is 0 Å². The van der Waals surface area contributed by atoms with Crippen LogP contribution in [0.5, 0.6) is 17.2 Å². The van der Waals surface area contributed by atoms with Gasteiger partial charge in [0.25, 0.3) is 0 Å². The van der Waals surface area contributed by atoms with Gasteiger partial charge in [0.15, 0.2) is 17.3 Å². The van der Waals surface area contributed by atoms with E-state index in [1.807, 2.05) is 0 Å². The number of ketones is 1. The van der Waals surface area contributed by atoms with Crippen molar-refractivity contribution in [3.63, 3.8) is 0 Å². The SMILES string of the molecule is COc1cc(F)ccc1Oc1cc(C(F)(F)C(F)(F)F)ccc1C(=O)Cc1cccc(C(N)=O)c1. The summed E-state index contributed by atoms with van der Waals surface area (Å²) in [6, 6.07) is 10.3. The summed E-state index contributed by atoms with van der Waals surface area (Å²) in [5.74, 6) is -8.48. The number of methoxy groups -OCH3 is 1. The van der Waals surface area contributed by atoms with Gasteiger partial charge in [0, 0.05) is 23.6 Å². The Morgan fingerprint density at radius 3 is 2.23 bits per heavy atom. The Hall–Kier alpha value is -4.02. The van der Waals surface area contributed by atoms with Crippen LogP contribution >= 0.6 is 0 Å². The first kappa shape index (κ1) is 25.6. The third kappa shape index (κ3) is 5.56. The summed E-state index contributed by atoms with van der Waals surface area (Å²) in [4.78, 5) is 24.4. The van der Waals surface area contributed by atoms with Gasteiger partial charge in [0.2, 0.25) is 5.91 Å². The van der Waals surface area contributed by atoms with Gasteiger partial charge in [-0.15, -0.1) is 0 Å². The summed E-state index contributed by atoms with van der Waals surface area (Å²) in [5.41, 5.74) is 3.87. The van der Waals surface area contributed by atoms with Gasteiger partial charge in [0.05, 0.1) is 12.7 Å². The highest BCUT2D eigenvalue weighted by molar-refractivity contribution is 6.00. The van der Waals surface area contributed by atoms with E-state index in [1.165, 1.54) is 24.3 Å². The standard InChI is InChI=1S/C24H17F6NO4/c1-34-21-12-16(25)6-8-19(21)35-20-11-15(23(26,27)24(28,29)30)5-7-17(20)18(32)10-13-3-2-4-14(9-13)22(31)33/h2-9,11-12H,10H2,1H3,(H2,31,33). The minimum absolute atomic E-state index is 0.114. The first-order chi connectivity index (χ1) is 16.3. The smallest absolute Gasteiger partial charge is 0.458 e. The molecule has 0 aromatic heterocycles. The molecule has 35 heavy (non-hydrogen) atoms. The van der Waals surface area contributed by atoms with Crippen LogP contribution in [0.25, 0.3) is 0 Å². The first-order valence-corrected chi connectivity index (χ1v) is 9.86. The van der Waals surface area contributed by atoms with Gasteiger partial charge in [-0.25, -0.2) is 4.39 Å². The molecule has 0 bridgehead atoms. The average Bonchev–Trinajstić information content (AvgIpc) is 2.79. The second kappa shape index (κ2) is 9.69. The van der Waals surface area contributed by atoms with Gasteiger partial charge >= 0.3 is 12.1 Å². The zero-order valence-corrected chi connectivity index (χ0v) is 18.0. The minimum Gasteiger partial charge on any atom is -0.493 e. The predicted molar refractivity (Wildman–Crippen MR) is 112 cm³/mol. The van der Waals surface area contributed by atoms with Crippen molar-refractivity contribution >= 4 is 11.7 Å². The topological polar surface area (TPSA) is 78.6 Å². The minimum atomic E-state index is -5.90. The van der Waals surface area contributed by atoms with E-state index in [-0.39, 0.29) is 29.0 Å². The molecule has 3 aromatic carbocycles. The summed E-state index contributed by atoms with van der Waals surface area (Å²) in [7, 11) is 1.16. The maximum Gasteiger partial charge on any atom is 0.458 e. The van der Waals surface area contributed by atoms with Gasteiger partial charge in [-0.05, 0) is 42.0 Å². The molecule has 0 atom stereocenters. The average molecular weight is 497 g/mol. The van der Waals surface area contributed by atoms with Crippen LogP contribution in [0, 0.1) is 5.82 Å². The van der Waals surface area contributed by atoms with Gasteiger partial charge in [-0.1, -0.05) is 18.2 Å². The van der Waals surface area contributed by atoms with Gasteiger partial charge in [-0.2, -0.15) is 22.0 Å². The first-order valence-electron chi connectivity index (χ1n) is 9.86. The van der Waals surface area contributed by atoms with Crippen molar-refractivity contribution in [3.05, 3.63) is 88.7 Å². The van der Waals surface area contributed by atoms with E-state index < -0.39 is 40.9 Å². The second-order valence-corrected chi connectivity index (χ2v) is 7.34. The van der Waals surface area contributed by atoms with E-state index in [0.29, 0.717) is 17.7 Å². The van der Waals surface area contributed by atoms with Crippen molar-refractivity contribution in [3.8, 4) is 17.2 Å². The maximum atomic E-state index is 14.0. The van der Waals surface area contributed by atoms with Crippen LogP contribution in [0.2, 0.25) is 0 Å². The number of alkyl halides is 5.